The lowest BCUT2D eigenvalue weighted by Crippen LogP contribution is -2.49. The van der Waals surface area contributed by atoms with Gasteiger partial charge in [-0.1, -0.05) is 30.3 Å². The van der Waals surface area contributed by atoms with E-state index in [1.807, 2.05) is 42.2 Å². The first-order valence-electron chi connectivity index (χ1n) is 7.00. The van der Waals surface area contributed by atoms with Gasteiger partial charge in [-0.15, -0.1) is 0 Å². The lowest BCUT2D eigenvalue weighted by molar-refractivity contribution is -0.136. The van der Waals surface area contributed by atoms with E-state index in [-0.39, 0.29) is 11.9 Å². The van der Waals surface area contributed by atoms with Gasteiger partial charge in [-0.05, 0) is 25.3 Å². The Labute approximate surface area is 113 Å². The van der Waals surface area contributed by atoms with Crippen molar-refractivity contribution >= 4 is 5.91 Å². The molecule has 1 saturated heterocycles. The summed E-state index contributed by atoms with van der Waals surface area (Å²) in [6.45, 7) is 3.43. The van der Waals surface area contributed by atoms with E-state index in [2.05, 4.69) is 5.32 Å². The minimum Gasteiger partial charge on any atom is -0.378 e. The van der Waals surface area contributed by atoms with Crippen LogP contribution in [0.3, 0.4) is 0 Å². The van der Waals surface area contributed by atoms with E-state index in [0.29, 0.717) is 18.8 Å². The molecule has 0 radical (unpaired) electrons. The van der Waals surface area contributed by atoms with Gasteiger partial charge in [0.2, 0.25) is 5.91 Å². The van der Waals surface area contributed by atoms with Gasteiger partial charge in [0.15, 0.2) is 0 Å². The molecule has 1 aliphatic heterocycles. The van der Waals surface area contributed by atoms with Crippen molar-refractivity contribution < 1.29 is 9.53 Å². The molecule has 1 aromatic rings. The Bertz CT molecular complexity index is 443. The molecule has 0 aromatic heterocycles. The third-order valence-corrected chi connectivity index (χ3v) is 4.04. The Morgan fingerprint density at radius 2 is 2.05 bits per heavy atom. The predicted molar refractivity (Wildman–Crippen MR) is 72.5 cm³/mol. The second-order valence-corrected chi connectivity index (χ2v) is 5.22. The molecule has 1 atom stereocenters. The third-order valence-electron chi connectivity index (χ3n) is 4.04. The Hall–Kier alpha value is -1.39. The fourth-order valence-corrected chi connectivity index (χ4v) is 2.90. The van der Waals surface area contributed by atoms with Crippen LogP contribution in [0.1, 0.15) is 31.4 Å². The molecule has 1 saturated carbocycles. The van der Waals surface area contributed by atoms with Crippen LogP contribution in [0.25, 0.3) is 0 Å². The SMILES string of the molecule is CCOC1CC(N2CNC(c3ccccc3)C2=O)C1. The van der Waals surface area contributed by atoms with Crippen LogP contribution in [0.2, 0.25) is 0 Å². The van der Waals surface area contributed by atoms with E-state index in [0.717, 1.165) is 25.0 Å². The molecule has 1 heterocycles. The van der Waals surface area contributed by atoms with Crippen LogP contribution in [0.4, 0.5) is 0 Å². The second-order valence-electron chi connectivity index (χ2n) is 5.22. The lowest BCUT2D eigenvalue weighted by Gasteiger charge is -2.40. The second kappa shape index (κ2) is 5.31. The number of carbonyl (C=O) groups excluding carboxylic acids is 1. The molecule has 2 aliphatic rings. The maximum Gasteiger partial charge on any atom is 0.245 e. The van der Waals surface area contributed by atoms with Gasteiger partial charge in [-0.25, -0.2) is 0 Å². The Balaban J connectivity index is 1.61. The zero-order valence-electron chi connectivity index (χ0n) is 11.2. The summed E-state index contributed by atoms with van der Waals surface area (Å²) in [5, 5.41) is 3.30. The molecule has 19 heavy (non-hydrogen) atoms. The summed E-state index contributed by atoms with van der Waals surface area (Å²) in [4.78, 5) is 14.4. The summed E-state index contributed by atoms with van der Waals surface area (Å²) in [7, 11) is 0. The van der Waals surface area contributed by atoms with Crippen LogP contribution in [0.5, 0.6) is 0 Å². The van der Waals surface area contributed by atoms with Crippen LogP contribution in [-0.4, -0.2) is 36.2 Å². The van der Waals surface area contributed by atoms with Crippen LogP contribution in [-0.2, 0) is 9.53 Å². The summed E-state index contributed by atoms with van der Waals surface area (Å²) in [6, 6.07) is 10.1. The van der Waals surface area contributed by atoms with Crippen molar-refractivity contribution in [3.8, 4) is 0 Å². The van der Waals surface area contributed by atoms with Crippen molar-refractivity contribution in [1.82, 2.24) is 10.2 Å². The molecule has 0 spiro atoms. The quantitative estimate of drug-likeness (QED) is 0.895. The molecule has 4 nitrogen and oxygen atoms in total. The number of hydrogen-bond donors (Lipinski definition) is 1. The summed E-state index contributed by atoms with van der Waals surface area (Å²) < 4.78 is 5.56. The van der Waals surface area contributed by atoms with E-state index in [1.165, 1.54) is 0 Å². The predicted octanol–water partition coefficient (Wildman–Crippen LogP) is 1.68. The van der Waals surface area contributed by atoms with Crippen LogP contribution < -0.4 is 5.32 Å². The zero-order valence-corrected chi connectivity index (χ0v) is 11.2. The highest BCUT2D eigenvalue weighted by Gasteiger charge is 2.42. The van der Waals surface area contributed by atoms with Gasteiger partial charge < -0.3 is 9.64 Å². The Morgan fingerprint density at radius 3 is 2.74 bits per heavy atom. The molecule has 1 amide bonds. The van der Waals surface area contributed by atoms with Crippen LogP contribution in [0, 0.1) is 0 Å². The molecule has 1 aromatic carbocycles. The highest BCUT2D eigenvalue weighted by atomic mass is 16.5. The normalized spacial score (nSPS) is 30.5. The molecule has 3 rings (SSSR count). The number of amides is 1. The summed E-state index contributed by atoms with van der Waals surface area (Å²) in [5.41, 5.74) is 1.05. The summed E-state index contributed by atoms with van der Waals surface area (Å²) in [6.07, 6.45) is 2.30. The molecule has 2 fully saturated rings. The fourth-order valence-electron chi connectivity index (χ4n) is 2.90. The molecule has 4 heteroatoms. The third kappa shape index (κ3) is 2.38. The highest BCUT2D eigenvalue weighted by molar-refractivity contribution is 5.85. The number of nitrogens with zero attached hydrogens (tertiary/aromatic N) is 1. The molecule has 1 N–H and O–H groups in total. The van der Waals surface area contributed by atoms with Gasteiger partial charge in [0.05, 0.1) is 12.8 Å². The maximum atomic E-state index is 12.4. The van der Waals surface area contributed by atoms with Crippen molar-refractivity contribution in [3.05, 3.63) is 35.9 Å². The lowest BCUT2D eigenvalue weighted by atomic mass is 9.88. The monoisotopic (exact) mass is 260 g/mol. The summed E-state index contributed by atoms with van der Waals surface area (Å²) >= 11 is 0. The average molecular weight is 260 g/mol. The topological polar surface area (TPSA) is 41.6 Å². The molecular formula is C15H20N2O2. The number of rotatable bonds is 4. The molecule has 102 valence electrons. The van der Waals surface area contributed by atoms with E-state index in [9.17, 15) is 4.79 Å². The van der Waals surface area contributed by atoms with Gasteiger partial charge >= 0.3 is 0 Å². The van der Waals surface area contributed by atoms with E-state index in [1.54, 1.807) is 0 Å². The minimum atomic E-state index is -0.174. The Kier molecular flexibility index (Phi) is 3.53. The minimum absolute atomic E-state index is 0.174. The molecule has 1 unspecified atom stereocenters. The standard InChI is InChI=1S/C15H20N2O2/c1-2-19-13-8-12(9-13)17-10-16-14(15(17)18)11-6-4-3-5-7-11/h3-7,12-14,16H,2,8-10H2,1H3. The van der Waals surface area contributed by atoms with E-state index < -0.39 is 0 Å². The Morgan fingerprint density at radius 1 is 1.32 bits per heavy atom. The van der Waals surface area contributed by atoms with Crippen molar-refractivity contribution in [2.24, 2.45) is 0 Å². The fraction of sp³-hybridized carbons (Fsp3) is 0.533. The van der Waals surface area contributed by atoms with Crippen LogP contribution >= 0.6 is 0 Å². The molecule has 0 bridgehead atoms. The average Bonchev–Trinajstić information content (AvgIpc) is 2.76. The number of carbonyl (C=O) groups is 1. The number of nitrogens with one attached hydrogen (secondary N) is 1. The van der Waals surface area contributed by atoms with Crippen molar-refractivity contribution in [3.63, 3.8) is 0 Å². The molecule has 1 aliphatic carbocycles. The molecular weight excluding hydrogens is 240 g/mol. The number of benzene rings is 1. The first-order valence-corrected chi connectivity index (χ1v) is 7.00. The van der Waals surface area contributed by atoms with E-state index in [4.69, 9.17) is 4.74 Å². The van der Waals surface area contributed by atoms with E-state index >= 15 is 0 Å². The number of ether oxygens (including phenoxy) is 1. The van der Waals surface area contributed by atoms with Crippen molar-refractivity contribution in [1.29, 1.82) is 0 Å². The zero-order chi connectivity index (χ0) is 13.2. The van der Waals surface area contributed by atoms with Gasteiger partial charge in [0, 0.05) is 12.6 Å². The highest BCUT2D eigenvalue weighted by Crippen LogP contribution is 2.32. The first-order chi connectivity index (χ1) is 9.29. The van der Waals surface area contributed by atoms with Gasteiger partial charge in [-0.2, -0.15) is 0 Å². The number of hydrogen-bond acceptors (Lipinski definition) is 3. The van der Waals surface area contributed by atoms with Gasteiger partial charge in [0.25, 0.3) is 0 Å². The van der Waals surface area contributed by atoms with Crippen molar-refractivity contribution in [2.75, 3.05) is 13.3 Å². The maximum absolute atomic E-state index is 12.4. The van der Waals surface area contributed by atoms with Gasteiger partial charge in [-0.3, -0.25) is 10.1 Å². The van der Waals surface area contributed by atoms with Crippen LogP contribution in [0.15, 0.2) is 30.3 Å². The van der Waals surface area contributed by atoms with Crippen molar-refractivity contribution in [2.45, 2.75) is 38.0 Å². The first kappa shape index (κ1) is 12.6. The largest absolute Gasteiger partial charge is 0.378 e. The summed E-state index contributed by atoms with van der Waals surface area (Å²) in [5.74, 6) is 0.200. The van der Waals surface area contributed by atoms with Gasteiger partial charge in [0.1, 0.15) is 6.04 Å². The smallest absolute Gasteiger partial charge is 0.245 e.